The van der Waals surface area contributed by atoms with E-state index in [1.54, 1.807) is 29.3 Å². The molecule has 2 aliphatic heterocycles. The topological polar surface area (TPSA) is 73.8 Å². The highest BCUT2D eigenvalue weighted by molar-refractivity contribution is 6.22. The number of hydrogen-bond donors (Lipinski definition) is 0. The first-order valence-electron chi connectivity index (χ1n) is 10.1. The van der Waals surface area contributed by atoms with Crippen molar-refractivity contribution < 1.29 is 14.4 Å². The van der Waals surface area contributed by atoms with E-state index in [1.165, 1.54) is 4.90 Å². The average molecular weight is 392 g/mol. The summed E-state index contributed by atoms with van der Waals surface area (Å²) >= 11 is 0. The van der Waals surface area contributed by atoms with Crippen molar-refractivity contribution in [3.05, 3.63) is 59.3 Å². The summed E-state index contributed by atoms with van der Waals surface area (Å²) < 4.78 is 0. The lowest BCUT2D eigenvalue weighted by molar-refractivity contribution is 0.0651. The molecule has 0 aliphatic carbocycles. The number of hydrogen-bond acceptors (Lipinski definition) is 5. The van der Waals surface area contributed by atoms with Crippen molar-refractivity contribution >= 4 is 23.5 Å². The fraction of sp³-hybridized carbons (Fsp3) is 0.364. The standard InChI is InChI=1S/C22H24N4O3/c1-2-3-10-26-21(28)17-8-7-16(15-18(17)22(26)29)20(27)25-13-11-24(12-14-25)19-6-4-5-9-23-19/h4-9,15H,2-3,10-14H2,1H3. The van der Waals surface area contributed by atoms with Crippen LogP contribution in [0.3, 0.4) is 0 Å². The number of aromatic nitrogens is 1. The molecule has 2 aromatic rings. The van der Waals surface area contributed by atoms with Crippen LogP contribution in [0.25, 0.3) is 0 Å². The number of imide groups is 1. The first kappa shape index (κ1) is 19.1. The summed E-state index contributed by atoms with van der Waals surface area (Å²) in [4.78, 5) is 47.7. The van der Waals surface area contributed by atoms with Gasteiger partial charge in [0.15, 0.2) is 0 Å². The van der Waals surface area contributed by atoms with E-state index in [-0.39, 0.29) is 17.7 Å². The Balaban J connectivity index is 1.45. The van der Waals surface area contributed by atoms with Gasteiger partial charge in [0, 0.05) is 44.5 Å². The summed E-state index contributed by atoms with van der Waals surface area (Å²) in [5, 5.41) is 0. The van der Waals surface area contributed by atoms with Gasteiger partial charge >= 0.3 is 0 Å². The van der Waals surface area contributed by atoms with Gasteiger partial charge in [0.25, 0.3) is 17.7 Å². The number of unbranched alkanes of at least 4 members (excludes halogenated alkanes) is 1. The third kappa shape index (κ3) is 3.60. The Hall–Kier alpha value is -3.22. The fourth-order valence-electron chi connectivity index (χ4n) is 3.81. The van der Waals surface area contributed by atoms with Gasteiger partial charge in [-0.2, -0.15) is 0 Å². The maximum atomic E-state index is 13.0. The summed E-state index contributed by atoms with van der Waals surface area (Å²) in [5.41, 5.74) is 1.18. The molecule has 0 bridgehead atoms. The zero-order valence-corrected chi connectivity index (χ0v) is 16.5. The lowest BCUT2D eigenvalue weighted by Gasteiger charge is -2.35. The zero-order valence-electron chi connectivity index (χ0n) is 16.5. The van der Waals surface area contributed by atoms with Crippen molar-refractivity contribution in [1.29, 1.82) is 0 Å². The Bertz CT molecular complexity index is 936. The molecular weight excluding hydrogens is 368 g/mol. The molecule has 7 heteroatoms. The van der Waals surface area contributed by atoms with E-state index in [0.717, 1.165) is 18.7 Å². The molecule has 7 nitrogen and oxygen atoms in total. The number of benzene rings is 1. The van der Waals surface area contributed by atoms with Crippen LogP contribution in [-0.2, 0) is 0 Å². The summed E-state index contributed by atoms with van der Waals surface area (Å²) in [5.74, 6) is 0.239. The monoisotopic (exact) mass is 392 g/mol. The first-order valence-corrected chi connectivity index (χ1v) is 10.1. The van der Waals surface area contributed by atoms with Crippen LogP contribution >= 0.6 is 0 Å². The second-order valence-electron chi connectivity index (χ2n) is 7.34. The second-order valence-corrected chi connectivity index (χ2v) is 7.34. The van der Waals surface area contributed by atoms with Crippen molar-refractivity contribution in [2.45, 2.75) is 19.8 Å². The molecule has 150 valence electrons. The minimum atomic E-state index is -0.298. The van der Waals surface area contributed by atoms with E-state index in [9.17, 15) is 14.4 Å². The molecule has 1 aromatic carbocycles. The van der Waals surface area contributed by atoms with Crippen molar-refractivity contribution in [2.24, 2.45) is 0 Å². The molecule has 3 amide bonds. The average Bonchev–Trinajstić information content (AvgIpc) is 3.01. The molecule has 0 saturated carbocycles. The van der Waals surface area contributed by atoms with Gasteiger partial charge in [-0.1, -0.05) is 19.4 Å². The Labute approximate surface area is 169 Å². The third-order valence-corrected chi connectivity index (χ3v) is 5.49. The third-order valence-electron chi connectivity index (χ3n) is 5.49. The van der Waals surface area contributed by atoms with Crippen LogP contribution in [0, 0.1) is 0 Å². The number of pyridine rings is 1. The van der Waals surface area contributed by atoms with Gasteiger partial charge in [0.05, 0.1) is 11.1 Å². The van der Waals surface area contributed by atoms with E-state index in [2.05, 4.69) is 9.88 Å². The minimum Gasteiger partial charge on any atom is -0.353 e. The molecule has 0 unspecified atom stereocenters. The van der Waals surface area contributed by atoms with Crippen molar-refractivity contribution in [2.75, 3.05) is 37.6 Å². The summed E-state index contributed by atoms with van der Waals surface area (Å²) in [6.07, 6.45) is 3.44. The Morgan fingerprint density at radius 2 is 1.76 bits per heavy atom. The van der Waals surface area contributed by atoms with Crippen LogP contribution in [0.5, 0.6) is 0 Å². The quantitative estimate of drug-likeness (QED) is 0.731. The van der Waals surface area contributed by atoms with Gasteiger partial charge in [-0.25, -0.2) is 4.98 Å². The molecule has 0 spiro atoms. The SMILES string of the molecule is CCCCN1C(=O)c2ccc(C(=O)N3CCN(c4ccccn4)CC3)cc2C1=O. The predicted molar refractivity (Wildman–Crippen MR) is 109 cm³/mol. The lowest BCUT2D eigenvalue weighted by atomic mass is 10.0. The van der Waals surface area contributed by atoms with Crippen LogP contribution in [0.15, 0.2) is 42.6 Å². The fourth-order valence-corrected chi connectivity index (χ4v) is 3.81. The maximum absolute atomic E-state index is 13.0. The number of rotatable bonds is 5. The highest BCUT2D eigenvalue weighted by atomic mass is 16.2. The van der Waals surface area contributed by atoms with Crippen LogP contribution < -0.4 is 4.90 Å². The van der Waals surface area contributed by atoms with Gasteiger partial charge in [0.2, 0.25) is 0 Å². The van der Waals surface area contributed by atoms with Gasteiger partial charge < -0.3 is 9.80 Å². The molecular formula is C22H24N4O3. The van der Waals surface area contributed by atoms with Gasteiger partial charge in [-0.3, -0.25) is 19.3 Å². The van der Waals surface area contributed by atoms with Crippen LogP contribution in [-0.4, -0.2) is 65.2 Å². The van der Waals surface area contributed by atoms with Crippen LogP contribution in [0.1, 0.15) is 50.8 Å². The first-order chi connectivity index (χ1) is 14.1. The molecule has 0 radical (unpaired) electrons. The Morgan fingerprint density at radius 3 is 2.45 bits per heavy atom. The second kappa shape index (κ2) is 8.03. The molecule has 1 aromatic heterocycles. The number of anilines is 1. The number of fused-ring (bicyclic) bond motifs is 1. The van der Waals surface area contributed by atoms with E-state index in [4.69, 9.17) is 0 Å². The van der Waals surface area contributed by atoms with Gasteiger partial charge in [-0.05, 0) is 36.8 Å². The van der Waals surface area contributed by atoms with E-state index in [0.29, 0.717) is 49.4 Å². The lowest BCUT2D eigenvalue weighted by Crippen LogP contribution is -2.49. The number of piperazine rings is 1. The molecule has 1 fully saturated rings. The highest BCUT2D eigenvalue weighted by Gasteiger charge is 2.36. The summed E-state index contributed by atoms with van der Waals surface area (Å²) in [7, 11) is 0. The Morgan fingerprint density at radius 1 is 1.00 bits per heavy atom. The summed E-state index contributed by atoms with van der Waals surface area (Å²) in [6, 6.07) is 10.6. The van der Waals surface area contributed by atoms with E-state index >= 15 is 0 Å². The normalized spacial score (nSPS) is 16.4. The minimum absolute atomic E-state index is 0.110. The van der Waals surface area contributed by atoms with Crippen LogP contribution in [0.4, 0.5) is 5.82 Å². The molecule has 4 rings (SSSR count). The van der Waals surface area contributed by atoms with Crippen molar-refractivity contribution in [3.8, 4) is 0 Å². The van der Waals surface area contributed by atoms with Crippen LogP contribution in [0.2, 0.25) is 0 Å². The maximum Gasteiger partial charge on any atom is 0.261 e. The van der Waals surface area contributed by atoms with Gasteiger partial charge in [-0.15, -0.1) is 0 Å². The predicted octanol–water partition coefficient (Wildman–Crippen LogP) is 2.44. The molecule has 29 heavy (non-hydrogen) atoms. The molecule has 0 N–H and O–H groups in total. The number of carbonyl (C=O) groups excluding carboxylic acids is 3. The number of amides is 3. The molecule has 3 heterocycles. The van der Waals surface area contributed by atoms with Gasteiger partial charge in [0.1, 0.15) is 5.82 Å². The van der Waals surface area contributed by atoms with Crippen molar-refractivity contribution in [1.82, 2.24) is 14.8 Å². The molecule has 0 atom stereocenters. The van der Waals surface area contributed by atoms with E-state index in [1.807, 2.05) is 25.1 Å². The number of nitrogens with zero attached hydrogens (tertiary/aromatic N) is 4. The number of carbonyl (C=O) groups is 3. The van der Waals surface area contributed by atoms with E-state index < -0.39 is 0 Å². The highest BCUT2D eigenvalue weighted by Crippen LogP contribution is 2.25. The zero-order chi connectivity index (χ0) is 20.4. The van der Waals surface area contributed by atoms with Crippen molar-refractivity contribution in [3.63, 3.8) is 0 Å². The Kier molecular flexibility index (Phi) is 5.29. The summed E-state index contributed by atoms with van der Waals surface area (Å²) in [6.45, 7) is 5.01. The largest absolute Gasteiger partial charge is 0.353 e. The molecule has 2 aliphatic rings. The molecule has 1 saturated heterocycles. The smallest absolute Gasteiger partial charge is 0.261 e.